The molecule has 3 aliphatic rings. The van der Waals surface area contributed by atoms with Crippen LogP contribution in [-0.2, 0) is 17.8 Å². The third kappa shape index (κ3) is 4.16. The predicted molar refractivity (Wildman–Crippen MR) is 120 cm³/mol. The summed E-state index contributed by atoms with van der Waals surface area (Å²) < 4.78 is 5.96. The van der Waals surface area contributed by atoms with Gasteiger partial charge >= 0.3 is 0 Å². The number of nitrogens with zero attached hydrogens (tertiary/aromatic N) is 3. The van der Waals surface area contributed by atoms with Crippen LogP contribution in [0, 0.1) is 0 Å². The quantitative estimate of drug-likeness (QED) is 0.622. The van der Waals surface area contributed by atoms with E-state index in [2.05, 4.69) is 41.0 Å². The Bertz CT molecular complexity index is 950. The molecule has 3 heterocycles. The standard InChI is InChI=1S/C24H29N3O2S/c1-17-4-2-10-26(17)11-3-13-29-21-7-5-18(6-8-21)24-25-22-9-12-27(16-23(22)30-24)19-14-20(28)15-19/h5-8,14,17H,2-4,9-13,15-16H2,1H3/t17-/m1/s1. The van der Waals surface area contributed by atoms with Crippen molar-refractivity contribution in [1.82, 2.24) is 14.8 Å². The summed E-state index contributed by atoms with van der Waals surface area (Å²) in [5, 5.41) is 1.08. The second kappa shape index (κ2) is 8.52. The summed E-state index contributed by atoms with van der Waals surface area (Å²) >= 11 is 1.78. The van der Waals surface area contributed by atoms with Crippen LogP contribution in [0.25, 0.3) is 10.6 Å². The molecule has 5 rings (SSSR count). The molecule has 1 aliphatic carbocycles. The van der Waals surface area contributed by atoms with Gasteiger partial charge in [0.25, 0.3) is 0 Å². The first kappa shape index (κ1) is 19.8. The Hall–Kier alpha value is -2.18. The minimum atomic E-state index is 0.244. The normalized spacial score (nSPS) is 21.4. The highest BCUT2D eigenvalue weighted by Crippen LogP contribution is 2.34. The first-order valence-electron chi connectivity index (χ1n) is 11.1. The number of fused-ring (bicyclic) bond motifs is 1. The zero-order chi connectivity index (χ0) is 20.5. The molecule has 1 aromatic heterocycles. The monoisotopic (exact) mass is 423 g/mol. The van der Waals surface area contributed by atoms with Gasteiger partial charge in [0.15, 0.2) is 5.78 Å². The van der Waals surface area contributed by atoms with Gasteiger partial charge in [0.2, 0.25) is 0 Å². The maximum Gasteiger partial charge on any atom is 0.163 e. The third-order valence-corrected chi connectivity index (χ3v) is 7.60. The van der Waals surface area contributed by atoms with Gasteiger partial charge in [-0.05, 0) is 57.0 Å². The molecule has 1 fully saturated rings. The molecule has 0 amide bonds. The smallest absolute Gasteiger partial charge is 0.163 e. The minimum Gasteiger partial charge on any atom is -0.494 e. The van der Waals surface area contributed by atoms with Gasteiger partial charge in [0.05, 0.1) is 25.3 Å². The Morgan fingerprint density at radius 1 is 1.23 bits per heavy atom. The lowest BCUT2D eigenvalue weighted by Crippen LogP contribution is -2.33. The molecule has 1 atom stereocenters. The number of aromatic nitrogens is 1. The summed E-state index contributed by atoms with van der Waals surface area (Å²) in [7, 11) is 0. The molecule has 5 nitrogen and oxygen atoms in total. The number of thiazole rings is 1. The highest BCUT2D eigenvalue weighted by molar-refractivity contribution is 7.15. The van der Waals surface area contributed by atoms with Crippen molar-refractivity contribution >= 4 is 17.1 Å². The molecule has 30 heavy (non-hydrogen) atoms. The highest BCUT2D eigenvalue weighted by Gasteiger charge is 2.27. The lowest BCUT2D eigenvalue weighted by Gasteiger charge is -2.32. The molecule has 158 valence electrons. The molecule has 2 aromatic rings. The Balaban J connectivity index is 1.15. The van der Waals surface area contributed by atoms with Gasteiger partial charge < -0.3 is 14.5 Å². The predicted octanol–water partition coefficient (Wildman–Crippen LogP) is 4.28. The average molecular weight is 424 g/mol. The van der Waals surface area contributed by atoms with E-state index in [0.717, 1.165) is 61.4 Å². The van der Waals surface area contributed by atoms with Crippen molar-refractivity contribution in [3.05, 3.63) is 46.6 Å². The zero-order valence-corrected chi connectivity index (χ0v) is 18.4. The summed E-state index contributed by atoms with van der Waals surface area (Å²) in [6.45, 7) is 7.29. The number of rotatable bonds is 7. The number of carbonyl (C=O) groups is 1. The van der Waals surface area contributed by atoms with E-state index in [-0.39, 0.29) is 5.78 Å². The Kier molecular flexibility index (Phi) is 5.61. The first-order chi connectivity index (χ1) is 14.7. The number of benzene rings is 1. The van der Waals surface area contributed by atoms with Crippen LogP contribution in [0.5, 0.6) is 5.75 Å². The molecule has 0 radical (unpaired) electrons. The second-order valence-corrected chi connectivity index (χ2v) is 9.68. The van der Waals surface area contributed by atoms with Gasteiger partial charge in [-0.1, -0.05) is 0 Å². The number of ether oxygens (including phenoxy) is 1. The molecule has 6 heteroatoms. The topological polar surface area (TPSA) is 45.7 Å². The van der Waals surface area contributed by atoms with E-state index in [1.807, 2.05) is 0 Å². The van der Waals surface area contributed by atoms with Crippen molar-refractivity contribution in [2.45, 2.75) is 51.6 Å². The van der Waals surface area contributed by atoms with Crippen LogP contribution in [0.4, 0.5) is 0 Å². The number of allylic oxidation sites excluding steroid dienone is 2. The van der Waals surface area contributed by atoms with Gasteiger partial charge in [0, 0.05) is 47.8 Å². The summed E-state index contributed by atoms with van der Waals surface area (Å²) in [6.07, 6.45) is 7.06. The van der Waals surface area contributed by atoms with E-state index in [4.69, 9.17) is 9.72 Å². The molecule has 2 aliphatic heterocycles. The van der Waals surface area contributed by atoms with Gasteiger partial charge in [-0.25, -0.2) is 4.98 Å². The number of ketones is 1. The third-order valence-electron chi connectivity index (χ3n) is 6.47. The molecular formula is C24H29N3O2S. The maximum atomic E-state index is 11.2. The SMILES string of the molecule is C[C@@H]1CCCN1CCCOc1ccc(-c2nc3c(s2)CN(C2=CC(=O)C2)CC3)cc1. The van der Waals surface area contributed by atoms with Crippen LogP contribution in [0.3, 0.4) is 0 Å². The largest absolute Gasteiger partial charge is 0.494 e. The lowest BCUT2D eigenvalue weighted by molar-refractivity contribution is -0.116. The number of carbonyl (C=O) groups excluding carboxylic acids is 1. The maximum absolute atomic E-state index is 11.2. The van der Waals surface area contributed by atoms with Crippen molar-refractivity contribution in [1.29, 1.82) is 0 Å². The van der Waals surface area contributed by atoms with Crippen LogP contribution in [-0.4, -0.2) is 52.9 Å². The highest BCUT2D eigenvalue weighted by atomic mass is 32.1. The van der Waals surface area contributed by atoms with Gasteiger partial charge in [-0.15, -0.1) is 11.3 Å². The van der Waals surface area contributed by atoms with E-state index in [1.54, 1.807) is 17.4 Å². The van der Waals surface area contributed by atoms with Gasteiger partial charge in [0.1, 0.15) is 10.8 Å². The Morgan fingerprint density at radius 3 is 2.80 bits per heavy atom. The summed E-state index contributed by atoms with van der Waals surface area (Å²) in [5.41, 5.74) is 3.55. The Morgan fingerprint density at radius 2 is 2.07 bits per heavy atom. The van der Waals surface area contributed by atoms with Crippen LogP contribution in [0.1, 0.15) is 43.2 Å². The summed E-state index contributed by atoms with van der Waals surface area (Å²) in [6, 6.07) is 9.09. The van der Waals surface area contributed by atoms with E-state index in [0.29, 0.717) is 6.42 Å². The Labute approximate surface area is 182 Å². The minimum absolute atomic E-state index is 0.244. The molecule has 0 spiro atoms. The van der Waals surface area contributed by atoms with Crippen LogP contribution >= 0.6 is 11.3 Å². The molecule has 1 aromatic carbocycles. The van der Waals surface area contributed by atoms with E-state index in [9.17, 15) is 4.79 Å². The fourth-order valence-corrected chi connectivity index (χ4v) is 5.71. The molecular weight excluding hydrogens is 394 g/mol. The van der Waals surface area contributed by atoms with E-state index >= 15 is 0 Å². The van der Waals surface area contributed by atoms with Crippen LogP contribution in [0.2, 0.25) is 0 Å². The van der Waals surface area contributed by atoms with Crippen molar-refractivity contribution < 1.29 is 9.53 Å². The second-order valence-electron chi connectivity index (χ2n) is 8.59. The van der Waals surface area contributed by atoms with Crippen molar-refractivity contribution in [2.75, 3.05) is 26.2 Å². The lowest BCUT2D eigenvalue weighted by atomic mass is 10.0. The van der Waals surface area contributed by atoms with Crippen LogP contribution in [0.15, 0.2) is 36.0 Å². The van der Waals surface area contributed by atoms with Crippen molar-refractivity contribution in [3.8, 4) is 16.3 Å². The van der Waals surface area contributed by atoms with Crippen molar-refractivity contribution in [3.63, 3.8) is 0 Å². The molecule has 0 saturated carbocycles. The molecule has 0 unspecified atom stereocenters. The fraction of sp³-hybridized carbons (Fsp3) is 0.500. The van der Waals surface area contributed by atoms with Gasteiger partial charge in [-0.3, -0.25) is 4.79 Å². The van der Waals surface area contributed by atoms with Crippen molar-refractivity contribution in [2.24, 2.45) is 0 Å². The number of likely N-dealkylation sites (tertiary alicyclic amines) is 1. The average Bonchev–Trinajstić information content (AvgIpc) is 3.34. The summed E-state index contributed by atoms with van der Waals surface area (Å²) in [5.74, 6) is 1.18. The van der Waals surface area contributed by atoms with E-state index < -0.39 is 0 Å². The number of hydrogen-bond donors (Lipinski definition) is 0. The molecule has 1 saturated heterocycles. The first-order valence-corrected chi connectivity index (χ1v) is 11.9. The van der Waals surface area contributed by atoms with E-state index in [1.165, 1.54) is 35.7 Å². The molecule has 0 N–H and O–H groups in total. The number of hydrogen-bond acceptors (Lipinski definition) is 6. The summed E-state index contributed by atoms with van der Waals surface area (Å²) in [4.78, 5) is 22.4. The fourth-order valence-electron chi connectivity index (χ4n) is 4.58. The zero-order valence-electron chi connectivity index (χ0n) is 17.6. The van der Waals surface area contributed by atoms with Crippen LogP contribution < -0.4 is 4.74 Å². The molecule has 0 bridgehead atoms. The van der Waals surface area contributed by atoms with Gasteiger partial charge in [-0.2, -0.15) is 0 Å².